The fourth-order valence-corrected chi connectivity index (χ4v) is 2.59. The van der Waals surface area contributed by atoms with E-state index < -0.39 is 28.4 Å². The van der Waals surface area contributed by atoms with Gasteiger partial charge < -0.3 is 10.7 Å². The number of unbranched alkanes of at least 4 members (excludes halogenated alkanes) is 8. The second-order valence-corrected chi connectivity index (χ2v) is 6.71. The minimum Gasteiger partial charge on any atom is -1.00 e. The van der Waals surface area contributed by atoms with E-state index in [9.17, 15) is 13.2 Å². The molecule has 1 N–H and O–H groups in total. The molecule has 0 aromatic heterocycles. The van der Waals surface area contributed by atoms with Gasteiger partial charge in [-0.05, 0) is 6.42 Å². The van der Waals surface area contributed by atoms with Crippen LogP contribution < -0.4 is 29.6 Å². The summed E-state index contributed by atoms with van der Waals surface area (Å²) in [6, 6.07) is 0. The van der Waals surface area contributed by atoms with E-state index in [1.807, 2.05) is 0 Å². The molecule has 122 valence electrons. The minimum atomic E-state index is -3.89. The summed E-state index contributed by atoms with van der Waals surface area (Å²) in [7, 11) is -3.89. The Bertz CT molecular complexity index is 349. The van der Waals surface area contributed by atoms with Crippen molar-refractivity contribution in [2.45, 2.75) is 71.1 Å². The summed E-state index contributed by atoms with van der Waals surface area (Å²) in [5.74, 6) is -1.25. The number of rotatable bonds is 13. The molecule has 0 saturated heterocycles. The Labute approximate surface area is 152 Å². The van der Waals surface area contributed by atoms with Crippen LogP contribution in [-0.4, -0.2) is 31.9 Å². The smallest absolute Gasteiger partial charge is 1.00 e. The zero-order chi connectivity index (χ0) is 15.3. The average Bonchev–Trinajstić information content (AvgIpc) is 2.36. The quantitative estimate of drug-likeness (QED) is 0.289. The first kappa shape index (κ1) is 23.6. The molecule has 0 aromatic carbocycles. The molecule has 0 aliphatic carbocycles. The van der Waals surface area contributed by atoms with Gasteiger partial charge in [0.15, 0.2) is 0 Å². The third-order valence-corrected chi connectivity index (χ3v) is 4.17. The van der Waals surface area contributed by atoms with Crippen molar-refractivity contribution in [3.63, 3.8) is 0 Å². The van der Waals surface area contributed by atoms with Crippen LogP contribution >= 0.6 is 0 Å². The third kappa shape index (κ3) is 16.6. The molecule has 0 spiro atoms. The molecular formula is C14H29NaO5S. The maximum Gasteiger partial charge on any atom is 1.00 e. The van der Waals surface area contributed by atoms with E-state index in [4.69, 9.17) is 5.11 Å². The van der Waals surface area contributed by atoms with Crippen LogP contribution in [0, 0.1) is 0 Å². The monoisotopic (exact) mass is 332 g/mol. The van der Waals surface area contributed by atoms with E-state index in [-0.39, 0.29) is 37.4 Å². The normalized spacial score (nSPS) is 11.0. The molecule has 5 nitrogen and oxygen atoms in total. The largest absolute Gasteiger partial charge is 1.00 e. The molecule has 0 fully saturated rings. The zero-order valence-corrected chi connectivity index (χ0v) is 16.3. The van der Waals surface area contributed by atoms with Gasteiger partial charge in [0.05, 0.1) is 6.61 Å². The van der Waals surface area contributed by atoms with Crippen molar-refractivity contribution in [3.05, 3.63) is 0 Å². The molecule has 0 unspecified atom stereocenters. The molecule has 0 saturated carbocycles. The van der Waals surface area contributed by atoms with E-state index in [1.54, 1.807) is 0 Å². The van der Waals surface area contributed by atoms with Gasteiger partial charge in [-0.25, -0.2) is 0 Å². The molecule has 0 aromatic rings. The maximum absolute atomic E-state index is 11.3. The second kappa shape index (κ2) is 15.3. The Kier molecular flexibility index (Phi) is 17.2. The van der Waals surface area contributed by atoms with Crippen LogP contribution in [-0.2, 0) is 19.1 Å². The summed E-state index contributed by atoms with van der Waals surface area (Å²) in [6.07, 6.45) is 10.3. The van der Waals surface area contributed by atoms with Crippen LogP contribution in [0.25, 0.3) is 0 Å². The predicted octanol–water partition coefficient (Wildman–Crippen LogP) is -0.111. The Morgan fingerprint density at radius 1 is 1.00 bits per heavy atom. The fraction of sp³-hybridized carbons (Fsp3) is 0.929. The number of carbonyl (C=O) groups excluding carboxylic acids is 1. The summed E-state index contributed by atoms with van der Waals surface area (Å²) in [5, 5.41) is 8.49. The van der Waals surface area contributed by atoms with Crippen LogP contribution in [0.2, 0.25) is 0 Å². The van der Waals surface area contributed by atoms with Gasteiger partial charge in [-0.15, -0.1) is 0 Å². The van der Waals surface area contributed by atoms with Gasteiger partial charge in [0.2, 0.25) is 0 Å². The second-order valence-electron chi connectivity index (χ2n) is 5.02. The number of aliphatic hydroxyl groups excluding tert-OH is 1. The van der Waals surface area contributed by atoms with Gasteiger partial charge in [-0.1, -0.05) is 58.3 Å². The van der Waals surface area contributed by atoms with Gasteiger partial charge in [0.25, 0.3) is 0 Å². The Balaban J connectivity index is -0.00000180. The SMILES string of the molecule is CCCCCCCCCCCC(=O)OS(=O)(=O)CCO.[H-].[Na+]. The number of carbonyl (C=O) groups is 1. The molecule has 0 radical (unpaired) electrons. The first-order valence-electron chi connectivity index (χ1n) is 7.57. The van der Waals surface area contributed by atoms with E-state index in [1.165, 1.54) is 38.5 Å². The summed E-state index contributed by atoms with van der Waals surface area (Å²) in [4.78, 5) is 11.3. The van der Waals surface area contributed by atoms with Crippen molar-refractivity contribution in [2.75, 3.05) is 12.4 Å². The minimum absolute atomic E-state index is 0. The zero-order valence-electron chi connectivity index (χ0n) is 14.5. The molecule has 0 bridgehead atoms. The third-order valence-electron chi connectivity index (χ3n) is 3.05. The average molecular weight is 332 g/mol. The number of aliphatic hydroxyl groups is 1. The van der Waals surface area contributed by atoms with Crippen molar-refractivity contribution in [2.24, 2.45) is 0 Å². The van der Waals surface area contributed by atoms with Crippen molar-refractivity contribution < 1.29 is 53.5 Å². The summed E-state index contributed by atoms with van der Waals surface area (Å²) < 4.78 is 26.5. The molecule has 0 aliphatic rings. The van der Waals surface area contributed by atoms with Crippen LogP contribution in [0.1, 0.15) is 72.6 Å². The molecule has 7 heteroatoms. The molecule has 0 atom stereocenters. The van der Waals surface area contributed by atoms with Gasteiger partial charge in [-0.3, -0.25) is 4.79 Å². The number of hydrogen-bond donors (Lipinski definition) is 1. The predicted molar refractivity (Wildman–Crippen MR) is 79.9 cm³/mol. The molecular weight excluding hydrogens is 303 g/mol. The van der Waals surface area contributed by atoms with Crippen LogP contribution in [0.15, 0.2) is 0 Å². The van der Waals surface area contributed by atoms with Gasteiger partial charge >= 0.3 is 45.6 Å². The molecule has 0 heterocycles. The van der Waals surface area contributed by atoms with E-state index >= 15 is 0 Å². The molecule has 21 heavy (non-hydrogen) atoms. The Morgan fingerprint density at radius 3 is 1.95 bits per heavy atom. The fourth-order valence-electron chi connectivity index (χ4n) is 1.92. The standard InChI is InChI=1S/C14H28O5S.Na.H/c1-2-3-4-5-6-7-8-9-10-11-14(16)19-20(17,18)13-12-15;;/h15H,2-13H2,1H3;;/q;+1;-1. The van der Waals surface area contributed by atoms with E-state index in [2.05, 4.69) is 11.1 Å². The number of hydrogen-bond acceptors (Lipinski definition) is 5. The van der Waals surface area contributed by atoms with Crippen molar-refractivity contribution >= 4 is 16.1 Å². The maximum atomic E-state index is 11.3. The first-order chi connectivity index (χ1) is 9.52. The first-order valence-corrected chi connectivity index (χ1v) is 9.15. The van der Waals surface area contributed by atoms with Gasteiger partial charge in [0, 0.05) is 6.42 Å². The summed E-state index contributed by atoms with van der Waals surface area (Å²) >= 11 is 0. The van der Waals surface area contributed by atoms with Crippen LogP contribution in [0.3, 0.4) is 0 Å². The Hall–Kier alpha value is 0.380. The van der Waals surface area contributed by atoms with Crippen LogP contribution in [0.5, 0.6) is 0 Å². The van der Waals surface area contributed by atoms with E-state index in [0.717, 1.165) is 12.8 Å². The topological polar surface area (TPSA) is 80.7 Å². The van der Waals surface area contributed by atoms with Crippen molar-refractivity contribution in [1.29, 1.82) is 0 Å². The van der Waals surface area contributed by atoms with Crippen molar-refractivity contribution in [1.82, 2.24) is 0 Å². The Morgan fingerprint density at radius 2 is 1.48 bits per heavy atom. The van der Waals surface area contributed by atoms with Gasteiger partial charge in [0.1, 0.15) is 5.75 Å². The van der Waals surface area contributed by atoms with Crippen molar-refractivity contribution in [3.8, 4) is 0 Å². The van der Waals surface area contributed by atoms with E-state index in [0.29, 0.717) is 6.42 Å². The van der Waals surface area contributed by atoms with Crippen LogP contribution in [0.4, 0.5) is 0 Å². The molecule has 0 rings (SSSR count). The molecule has 0 amide bonds. The summed E-state index contributed by atoms with van der Waals surface area (Å²) in [5.41, 5.74) is 0. The van der Waals surface area contributed by atoms with Gasteiger partial charge in [-0.2, -0.15) is 8.42 Å². The summed E-state index contributed by atoms with van der Waals surface area (Å²) in [6.45, 7) is 1.66. The molecule has 0 aliphatic heterocycles.